The molecule has 10 nitrogen and oxygen atoms in total. The number of anilines is 2. The highest BCUT2D eigenvalue weighted by Gasteiger charge is 2.35. The molecule has 206 valence electrons. The van der Waals surface area contributed by atoms with Crippen LogP contribution in [0.2, 0.25) is 0 Å². The van der Waals surface area contributed by atoms with E-state index in [2.05, 4.69) is 10.6 Å². The Morgan fingerprint density at radius 3 is 2.25 bits per heavy atom. The summed E-state index contributed by atoms with van der Waals surface area (Å²) < 4.78 is 23.9. The fraction of sp³-hybridized carbons (Fsp3) is 0.233. The van der Waals surface area contributed by atoms with Crippen LogP contribution in [0.5, 0.6) is 23.0 Å². The van der Waals surface area contributed by atoms with Gasteiger partial charge < -0.3 is 29.6 Å². The number of rotatable bonds is 9. The number of ether oxygens (including phenoxy) is 4. The number of amides is 1. The lowest BCUT2D eigenvalue weighted by atomic mass is 9.95. The number of para-hydroxylation sites is 1. The van der Waals surface area contributed by atoms with Gasteiger partial charge in [-0.25, -0.2) is 4.68 Å². The Morgan fingerprint density at radius 2 is 1.65 bits per heavy atom. The molecular weight excluding hydrogens is 510 g/mol. The van der Waals surface area contributed by atoms with Gasteiger partial charge in [0.25, 0.3) is 5.91 Å². The Kier molecular flexibility index (Phi) is 7.59. The normalized spacial score (nSPS) is 14.2. The predicted octanol–water partition coefficient (Wildman–Crippen LogP) is 5.30. The van der Waals surface area contributed by atoms with Crippen molar-refractivity contribution in [1.82, 2.24) is 14.8 Å². The van der Waals surface area contributed by atoms with Crippen molar-refractivity contribution >= 4 is 17.5 Å². The first kappa shape index (κ1) is 26.6. The maximum absolute atomic E-state index is 13.7. The molecule has 1 unspecified atom stereocenters. The van der Waals surface area contributed by atoms with Gasteiger partial charge in [0, 0.05) is 16.9 Å². The molecule has 1 amide bonds. The first-order chi connectivity index (χ1) is 19.5. The van der Waals surface area contributed by atoms with Crippen LogP contribution in [-0.4, -0.2) is 48.6 Å². The van der Waals surface area contributed by atoms with Gasteiger partial charge in [0.1, 0.15) is 11.8 Å². The molecule has 1 aliphatic heterocycles. The van der Waals surface area contributed by atoms with E-state index in [0.29, 0.717) is 58.1 Å². The summed E-state index contributed by atoms with van der Waals surface area (Å²) in [5.41, 5.74) is 3.40. The van der Waals surface area contributed by atoms with Crippen molar-refractivity contribution in [3.8, 4) is 34.4 Å². The van der Waals surface area contributed by atoms with Crippen LogP contribution in [0.15, 0.2) is 78.0 Å². The van der Waals surface area contributed by atoms with E-state index in [-0.39, 0.29) is 5.91 Å². The maximum atomic E-state index is 13.7. The standard InChI is InChI=1S/C30H31N5O5/c1-6-40-22-14-12-19(13-15-22)26-25(29(36)32-21-10-8-7-9-11-21)18(2)31-30-33-28(34-35(26)30)20-16-23(37-3)27(39-5)24(17-20)38-4/h7-17,26H,6H2,1-5H3,(H,32,36)(H,31,33,34). The van der Waals surface area contributed by atoms with Crippen LogP contribution in [0.3, 0.4) is 0 Å². The third-order valence-corrected chi connectivity index (χ3v) is 6.56. The fourth-order valence-electron chi connectivity index (χ4n) is 4.72. The van der Waals surface area contributed by atoms with Gasteiger partial charge in [-0.1, -0.05) is 30.3 Å². The maximum Gasteiger partial charge on any atom is 0.255 e. The van der Waals surface area contributed by atoms with E-state index >= 15 is 0 Å². The van der Waals surface area contributed by atoms with E-state index in [1.165, 1.54) is 0 Å². The molecule has 2 N–H and O–H groups in total. The number of benzene rings is 3. The highest BCUT2D eigenvalue weighted by molar-refractivity contribution is 6.06. The van der Waals surface area contributed by atoms with Gasteiger partial charge in [-0.2, -0.15) is 4.98 Å². The van der Waals surface area contributed by atoms with Crippen LogP contribution in [0, 0.1) is 0 Å². The zero-order valence-electron chi connectivity index (χ0n) is 23.0. The molecule has 0 aliphatic carbocycles. The third-order valence-electron chi connectivity index (χ3n) is 6.56. The summed E-state index contributed by atoms with van der Waals surface area (Å²) >= 11 is 0. The quantitative estimate of drug-likeness (QED) is 0.294. The van der Waals surface area contributed by atoms with Crippen molar-refractivity contribution in [2.75, 3.05) is 38.6 Å². The van der Waals surface area contributed by atoms with Gasteiger partial charge in [0.2, 0.25) is 11.7 Å². The number of nitrogens with zero attached hydrogens (tertiary/aromatic N) is 3. The van der Waals surface area contributed by atoms with E-state index in [4.69, 9.17) is 29.0 Å². The number of hydrogen-bond donors (Lipinski definition) is 2. The predicted molar refractivity (Wildman–Crippen MR) is 152 cm³/mol. The Labute approximate surface area is 232 Å². The largest absolute Gasteiger partial charge is 0.494 e. The number of nitrogens with one attached hydrogen (secondary N) is 2. The molecule has 10 heteroatoms. The number of fused-ring (bicyclic) bond motifs is 1. The lowest BCUT2D eigenvalue weighted by Crippen LogP contribution is -2.31. The Balaban J connectivity index is 1.61. The second-order valence-corrected chi connectivity index (χ2v) is 9.01. The Hall–Kier alpha value is -4.99. The highest BCUT2D eigenvalue weighted by atomic mass is 16.5. The molecule has 0 fully saturated rings. The van der Waals surface area contributed by atoms with Gasteiger partial charge in [0.15, 0.2) is 17.3 Å². The van der Waals surface area contributed by atoms with Gasteiger partial charge in [-0.05, 0) is 55.8 Å². The minimum Gasteiger partial charge on any atom is -0.494 e. The molecule has 4 aromatic rings. The molecule has 0 spiro atoms. The molecule has 1 aromatic heterocycles. The fourth-order valence-corrected chi connectivity index (χ4v) is 4.72. The summed E-state index contributed by atoms with van der Waals surface area (Å²) in [5.74, 6) is 2.86. The van der Waals surface area contributed by atoms with Crippen LogP contribution in [0.1, 0.15) is 25.5 Å². The van der Waals surface area contributed by atoms with Crippen molar-refractivity contribution in [3.63, 3.8) is 0 Å². The van der Waals surface area contributed by atoms with E-state index < -0.39 is 6.04 Å². The van der Waals surface area contributed by atoms with E-state index in [1.807, 2.05) is 68.4 Å². The average Bonchev–Trinajstić information content (AvgIpc) is 3.40. The minimum atomic E-state index is -0.557. The highest BCUT2D eigenvalue weighted by Crippen LogP contribution is 2.42. The average molecular weight is 542 g/mol. The summed E-state index contributed by atoms with van der Waals surface area (Å²) in [6, 6.07) is 20.0. The second-order valence-electron chi connectivity index (χ2n) is 9.01. The van der Waals surface area contributed by atoms with E-state index in [0.717, 1.165) is 11.3 Å². The summed E-state index contributed by atoms with van der Waals surface area (Å²) in [7, 11) is 4.66. The van der Waals surface area contributed by atoms with Crippen LogP contribution in [-0.2, 0) is 4.79 Å². The molecule has 0 radical (unpaired) electrons. The van der Waals surface area contributed by atoms with Crippen molar-refractivity contribution in [2.24, 2.45) is 0 Å². The minimum absolute atomic E-state index is 0.245. The number of aromatic nitrogens is 3. The molecule has 40 heavy (non-hydrogen) atoms. The van der Waals surface area contributed by atoms with Crippen molar-refractivity contribution in [2.45, 2.75) is 19.9 Å². The van der Waals surface area contributed by atoms with Gasteiger partial charge in [-0.3, -0.25) is 4.79 Å². The zero-order valence-corrected chi connectivity index (χ0v) is 23.0. The summed E-state index contributed by atoms with van der Waals surface area (Å²) in [4.78, 5) is 18.5. The van der Waals surface area contributed by atoms with Crippen molar-refractivity contribution in [3.05, 3.63) is 83.6 Å². The molecule has 1 atom stereocenters. The molecule has 0 saturated carbocycles. The zero-order chi connectivity index (χ0) is 28.2. The number of carbonyl (C=O) groups is 1. The van der Waals surface area contributed by atoms with Crippen LogP contribution >= 0.6 is 0 Å². The molecule has 3 aromatic carbocycles. The smallest absolute Gasteiger partial charge is 0.255 e. The van der Waals surface area contributed by atoms with Crippen molar-refractivity contribution < 1.29 is 23.7 Å². The number of carbonyl (C=O) groups excluding carboxylic acids is 1. The second kappa shape index (κ2) is 11.4. The summed E-state index contributed by atoms with van der Waals surface area (Å²) in [5, 5.41) is 11.2. The lowest BCUT2D eigenvalue weighted by molar-refractivity contribution is -0.113. The molecule has 1 aliphatic rings. The van der Waals surface area contributed by atoms with Crippen LogP contribution < -0.4 is 29.6 Å². The van der Waals surface area contributed by atoms with Gasteiger partial charge in [-0.15, -0.1) is 5.10 Å². The van der Waals surface area contributed by atoms with Crippen molar-refractivity contribution in [1.29, 1.82) is 0 Å². The number of allylic oxidation sites excluding steroid dienone is 1. The number of methoxy groups -OCH3 is 3. The third kappa shape index (κ3) is 5.03. The monoisotopic (exact) mass is 541 g/mol. The molecular formula is C30H31N5O5. The number of hydrogen-bond acceptors (Lipinski definition) is 8. The Bertz CT molecular complexity index is 1520. The summed E-state index contributed by atoms with van der Waals surface area (Å²) in [6.07, 6.45) is 0. The molecule has 0 bridgehead atoms. The first-order valence-electron chi connectivity index (χ1n) is 12.8. The summed E-state index contributed by atoms with van der Waals surface area (Å²) in [6.45, 7) is 4.35. The first-order valence-corrected chi connectivity index (χ1v) is 12.8. The van der Waals surface area contributed by atoms with Crippen LogP contribution in [0.4, 0.5) is 11.6 Å². The topological polar surface area (TPSA) is 109 Å². The lowest BCUT2D eigenvalue weighted by Gasteiger charge is -2.28. The Morgan fingerprint density at radius 1 is 0.975 bits per heavy atom. The van der Waals surface area contributed by atoms with Gasteiger partial charge in [0.05, 0.1) is 33.5 Å². The molecule has 0 saturated heterocycles. The van der Waals surface area contributed by atoms with E-state index in [9.17, 15) is 4.79 Å². The SMILES string of the molecule is CCOc1ccc(C2C(C(=O)Nc3ccccc3)=C(C)Nc3nc(-c4cc(OC)c(OC)c(OC)c4)nn32)cc1. The molecule has 2 heterocycles. The van der Waals surface area contributed by atoms with Gasteiger partial charge >= 0.3 is 0 Å². The van der Waals surface area contributed by atoms with E-state index in [1.54, 1.807) is 38.1 Å². The molecule has 5 rings (SSSR count). The van der Waals surface area contributed by atoms with Crippen LogP contribution in [0.25, 0.3) is 11.4 Å².